The Morgan fingerprint density at radius 1 is 1.06 bits per heavy atom. The van der Waals surface area contributed by atoms with Crippen LogP contribution in [0, 0.1) is 10.1 Å². The lowest BCUT2D eigenvalue weighted by atomic mass is 9.87. The predicted molar refractivity (Wildman–Crippen MR) is 111 cm³/mol. The highest BCUT2D eigenvalue weighted by Crippen LogP contribution is 2.25. The van der Waals surface area contributed by atoms with Crippen LogP contribution in [0.5, 0.6) is 0 Å². The molecule has 1 aromatic heterocycles. The molecule has 11 heteroatoms. The molecule has 1 heterocycles. The number of anilines is 1. The molecule has 3 rings (SSSR count). The normalized spacial score (nSPS) is 10.9. The van der Waals surface area contributed by atoms with Gasteiger partial charge in [0.25, 0.3) is 5.69 Å². The fourth-order valence-corrected chi connectivity index (χ4v) is 2.58. The van der Waals surface area contributed by atoms with Crippen LogP contribution in [0.2, 0.25) is 0 Å². The molecule has 0 atom stereocenters. The number of amides is 3. The van der Waals surface area contributed by atoms with Crippen LogP contribution in [0.25, 0.3) is 11.4 Å². The standard InChI is InChI=1S/C20H20N6O5/c1-20(2,3)13-9-7-12(8-10-13)16-22-18(31-25-16)17(27)23-24-19(28)21-14-5-4-6-15(11-14)26(29)30/h4-11H,1-3H3,(H,23,27)(H2,21,24,28). The van der Waals surface area contributed by atoms with Crippen molar-refractivity contribution in [3.8, 4) is 11.4 Å². The molecule has 3 amide bonds. The van der Waals surface area contributed by atoms with Gasteiger partial charge in [-0.15, -0.1) is 0 Å². The van der Waals surface area contributed by atoms with Crippen LogP contribution >= 0.6 is 0 Å². The minimum absolute atomic E-state index is 0.00224. The van der Waals surface area contributed by atoms with E-state index < -0.39 is 16.9 Å². The number of benzene rings is 2. The summed E-state index contributed by atoms with van der Waals surface area (Å²) in [6, 6.07) is 12.1. The molecule has 0 bridgehead atoms. The molecule has 0 spiro atoms. The molecule has 11 nitrogen and oxygen atoms in total. The number of hydrogen-bond donors (Lipinski definition) is 3. The zero-order valence-electron chi connectivity index (χ0n) is 17.0. The van der Waals surface area contributed by atoms with Gasteiger partial charge >= 0.3 is 17.8 Å². The molecule has 0 aliphatic heterocycles. The van der Waals surface area contributed by atoms with Gasteiger partial charge in [0.05, 0.1) is 4.92 Å². The SMILES string of the molecule is CC(C)(C)c1ccc(-c2noc(C(=O)NNC(=O)Nc3cccc([N+](=O)[O-])c3)n2)cc1. The van der Waals surface area contributed by atoms with Gasteiger partial charge in [-0.05, 0) is 17.0 Å². The van der Waals surface area contributed by atoms with Crippen LogP contribution < -0.4 is 16.2 Å². The Morgan fingerprint density at radius 2 is 1.77 bits per heavy atom. The Balaban J connectivity index is 1.58. The highest BCUT2D eigenvalue weighted by molar-refractivity contribution is 5.94. The number of non-ortho nitro benzene ring substituents is 1. The molecular weight excluding hydrogens is 404 g/mol. The average molecular weight is 424 g/mol. The van der Waals surface area contributed by atoms with Gasteiger partial charge in [-0.25, -0.2) is 10.2 Å². The number of nitrogens with one attached hydrogen (secondary N) is 3. The van der Waals surface area contributed by atoms with Crippen molar-refractivity contribution in [1.82, 2.24) is 21.0 Å². The Morgan fingerprint density at radius 3 is 2.42 bits per heavy atom. The maximum atomic E-state index is 12.1. The largest absolute Gasteiger partial charge is 0.337 e. The van der Waals surface area contributed by atoms with Crippen LogP contribution in [-0.4, -0.2) is 27.0 Å². The highest BCUT2D eigenvalue weighted by atomic mass is 16.6. The second kappa shape index (κ2) is 8.61. The highest BCUT2D eigenvalue weighted by Gasteiger charge is 2.18. The lowest BCUT2D eigenvalue weighted by Gasteiger charge is -2.18. The minimum atomic E-state index is -0.820. The van der Waals surface area contributed by atoms with E-state index in [2.05, 4.69) is 47.1 Å². The number of nitrogens with zero attached hydrogens (tertiary/aromatic N) is 3. The fraction of sp³-hybridized carbons (Fsp3) is 0.200. The maximum Gasteiger partial charge on any atom is 0.337 e. The van der Waals surface area contributed by atoms with E-state index in [0.717, 1.165) is 5.56 Å². The Hall–Kier alpha value is -4.28. The molecule has 0 saturated heterocycles. The second-order valence-corrected chi connectivity index (χ2v) is 7.59. The van der Waals surface area contributed by atoms with E-state index in [-0.39, 0.29) is 28.5 Å². The predicted octanol–water partition coefficient (Wildman–Crippen LogP) is 3.41. The maximum absolute atomic E-state index is 12.1. The molecule has 0 aliphatic rings. The number of rotatable bonds is 4. The zero-order valence-corrected chi connectivity index (χ0v) is 17.0. The Bertz CT molecular complexity index is 1120. The number of nitro benzene ring substituents is 1. The fourth-order valence-electron chi connectivity index (χ4n) is 2.58. The van der Waals surface area contributed by atoms with Crippen LogP contribution in [0.1, 0.15) is 37.0 Å². The van der Waals surface area contributed by atoms with E-state index in [1.54, 1.807) is 0 Å². The van der Waals surface area contributed by atoms with E-state index in [1.165, 1.54) is 24.3 Å². The molecule has 2 aromatic carbocycles. The number of carbonyl (C=O) groups excluding carboxylic acids is 2. The first kappa shape index (κ1) is 21.4. The quantitative estimate of drug-likeness (QED) is 0.428. The first-order chi connectivity index (χ1) is 14.6. The third-order valence-corrected chi connectivity index (χ3v) is 4.23. The van der Waals surface area contributed by atoms with E-state index in [4.69, 9.17) is 4.52 Å². The van der Waals surface area contributed by atoms with Gasteiger partial charge in [0.2, 0.25) is 5.82 Å². The van der Waals surface area contributed by atoms with Crippen molar-refractivity contribution in [3.63, 3.8) is 0 Å². The van der Waals surface area contributed by atoms with Crippen LogP contribution in [0.3, 0.4) is 0 Å². The van der Waals surface area contributed by atoms with Crippen molar-refractivity contribution in [2.75, 3.05) is 5.32 Å². The molecule has 0 aliphatic carbocycles. The molecule has 31 heavy (non-hydrogen) atoms. The van der Waals surface area contributed by atoms with Crippen molar-refractivity contribution in [2.45, 2.75) is 26.2 Å². The van der Waals surface area contributed by atoms with Crippen LogP contribution in [0.4, 0.5) is 16.2 Å². The van der Waals surface area contributed by atoms with Gasteiger partial charge in [-0.1, -0.05) is 56.3 Å². The zero-order chi connectivity index (χ0) is 22.6. The van der Waals surface area contributed by atoms with Crippen LogP contribution in [-0.2, 0) is 5.41 Å². The summed E-state index contributed by atoms with van der Waals surface area (Å²) >= 11 is 0. The average Bonchev–Trinajstić information content (AvgIpc) is 3.22. The van der Waals surface area contributed by atoms with Crippen molar-refractivity contribution < 1.29 is 19.0 Å². The van der Waals surface area contributed by atoms with E-state index in [9.17, 15) is 19.7 Å². The topological polar surface area (TPSA) is 152 Å². The first-order valence-corrected chi connectivity index (χ1v) is 9.20. The second-order valence-electron chi connectivity index (χ2n) is 7.59. The number of nitro groups is 1. The smallest absolute Gasteiger partial charge is 0.328 e. The van der Waals surface area contributed by atoms with Gasteiger partial charge in [0, 0.05) is 23.4 Å². The van der Waals surface area contributed by atoms with Gasteiger partial charge in [0.1, 0.15) is 0 Å². The summed E-state index contributed by atoms with van der Waals surface area (Å²) in [5.74, 6) is -0.934. The monoisotopic (exact) mass is 424 g/mol. The first-order valence-electron chi connectivity index (χ1n) is 9.20. The number of urea groups is 1. The Kier molecular flexibility index (Phi) is 5.95. The van der Waals surface area contributed by atoms with Crippen molar-refractivity contribution in [2.24, 2.45) is 0 Å². The number of hydrogen-bond acceptors (Lipinski definition) is 7. The number of aromatic nitrogens is 2. The lowest BCUT2D eigenvalue weighted by Crippen LogP contribution is -2.44. The summed E-state index contributed by atoms with van der Waals surface area (Å²) in [5, 5.41) is 16.9. The third-order valence-electron chi connectivity index (χ3n) is 4.23. The summed E-state index contributed by atoms with van der Waals surface area (Å²) in [4.78, 5) is 38.2. The van der Waals surface area contributed by atoms with Crippen molar-refractivity contribution in [3.05, 3.63) is 70.1 Å². The molecule has 3 N–H and O–H groups in total. The lowest BCUT2D eigenvalue weighted by molar-refractivity contribution is -0.384. The third kappa shape index (κ3) is 5.41. The Labute approximate surface area is 177 Å². The van der Waals surface area contributed by atoms with E-state index in [0.29, 0.717) is 5.56 Å². The molecular formula is C20H20N6O5. The van der Waals surface area contributed by atoms with E-state index in [1.807, 2.05) is 24.3 Å². The van der Waals surface area contributed by atoms with Crippen molar-refractivity contribution in [1.29, 1.82) is 0 Å². The van der Waals surface area contributed by atoms with Gasteiger partial charge < -0.3 is 9.84 Å². The molecule has 0 radical (unpaired) electrons. The summed E-state index contributed by atoms with van der Waals surface area (Å²) < 4.78 is 4.95. The summed E-state index contributed by atoms with van der Waals surface area (Å²) in [6.45, 7) is 6.29. The van der Waals surface area contributed by atoms with E-state index >= 15 is 0 Å². The van der Waals surface area contributed by atoms with Gasteiger partial charge in [-0.3, -0.25) is 20.3 Å². The van der Waals surface area contributed by atoms with Gasteiger partial charge in [-0.2, -0.15) is 4.98 Å². The summed E-state index contributed by atoms with van der Waals surface area (Å²) in [7, 11) is 0. The minimum Gasteiger partial charge on any atom is -0.328 e. The summed E-state index contributed by atoms with van der Waals surface area (Å²) in [5.41, 5.74) is 6.03. The molecule has 0 fully saturated rings. The number of carbonyl (C=O) groups is 2. The molecule has 0 saturated carbocycles. The number of hydrazine groups is 1. The molecule has 160 valence electrons. The molecule has 3 aromatic rings. The van der Waals surface area contributed by atoms with Crippen molar-refractivity contribution >= 4 is 23.3 Å². The van der Waals surface area contributed by atoms with Gasteiger partial charge in [0.15, 0.2) is 0 Å². The summed E-state index contributed by atoms with van der Waals surface area (Å²) in [6.07, 6.45) is 0. The molecule has 0 unspecified atom stereocenters. The van der Waals surface area contributed by atoms with Crippen LogP contribution in [0.15, 0.2) is 53.1 Å².